The zero-order valence-electron chi connectivity index (χ0n) is 12.9. The molecule has 6 nitrogen and oxygen atoms in total. The Balaban J connectivity index is 1.95. The van der Waals surface area contributed by atoms with E-state index in [0.29, 0.717) is 5.69 Å². The first kappa shape index (κ1) is 15.4. The lowest BCUT2D eigenvalue weighted by molar-refractivity contribution is -0.129. The molecule has 0 bridgehead atoms. The molecule has 2 heterocycles. The Morgan fingerprint density at radius 1 is 1.35 bits per heavy atom. The van der Waals surface area contributed by atoms with E-state index in [9.17, 15) is 9.90 Å². The van der Waals surface area contributed by atoms with Crippen LogP contribution in [0.5, 0.6) is 5.75 Å². The lowest BCUT2D eigenvalue weighted by Gasteiger charge is -2.38. The van der Waals surface area contributed by atoms with Crippen LogP contribution in [0.3, 0.4) is 0 Å². The zero-order chi connectivity index (χ0) is 16.8. The second-order valence-electron chi connectivity index (χ2n) is 5.95. The smallest absolute Gasteiger partial charge is 0.231 e. The lowest BCUT2D eigenvalue weighted by Crippen LogP contribution is -2.57. The van der Waals surface area contributed by atoms with Gasteiger partial charge in [-0.15, -0.1) is 11.3 Å². The van der Waals surface area contributed by atoms with E-state index in [1.807, 2.05) is 18.4 Å². The summed E-state index contributed by atoms with van der Waals surface area (Å²) in [5, 5.41) is 22.7. The number of guanidine groups is 1. The summed E-state index contributed by atoms with van der Waals surface area (Å²) in [6.07, 6.45) is 0.286. The number of phenolic OH excluding ortho intramolecular Hbond substituents is 1. The van der Waals surface area contributed by atoms with Gasteiger partial charge in [-0.2, -0.15) is 0 Å². The van der Waals surface area contributed by atoms with Crippen LogP contribution in [0.4, 0.5) is 5.69 Å². The summed E-state index contributed by atoms with van der Waals surface area (Å²) in [6, 6.07) is 6.91. The molecule has 0 saturated carbocycles. The molecule has 1 fully saturated rings. The van der Waals surface area contributed by atoms with E-state index in [4.69, 9.17) is 11.1 Å². The van der Waals surface area contributed by atoms with Crippen molar-refractivity contribution in [1.82, 2.24) is 10.2 Å². The number of nitrogen functional groups attached to an aromatic ring is 1. The number of benzene rings is 1. The van der Waals surface area contributed by atoms with Crippen molar-refractivity contribution in [3.63, 3.8) is 0 Å². The van der Waals surface area contributed by atoms with Gasteiger partial charge in [-0.1, -0.05) is 0 Å². The summed E-state index contributed by atoms with van der Waals surface area (Å²) in [7, 11) is 1.59. The highest BCUT2D eigenvalue weighted by Gasteiger charge is 2.38. The predicted octanol–water partition coefficient (Wildman–Crippen LogP) is 2.30. The van der Waals surface area contributed by atoms with Gasteiger partial charge in [0.1, 0.15) is 5.75 Å². The Morgan fingerprint density at radius 3 is 2.74 bits per heavy atom. The highest BCUT2D eigenvalue weighted by Crippen LogP contribution is 2.37. The minimum Gasteiger partial charge on any atom is -0.508 e. The van der Waals surface area contributed by atoms with E-state index in [1.165, 1.54) is 22.3 Å². The number of nitrogens with zero attached hydrogens (tertiary/aromatic N) is 1. The van der Waals surface area contributed by atoms with E-state index in [0.717, 1.165) is 16.0 Å². The van der Waals surface area contributed by atoms with Gasteiger partial charge in [0.2, 0.25) is 5.91 Å². The number of hydrogen-bond acceptors (Lipinski definition) is 5. The van der Waals surface area contributed by atoms with Gasteiger partial charge in [0, 0.05) is 23.7 Å². The van der Waals surface area contributed by atoms with Gasteiger partial charge in [0.15, 0.2) is 5.96 Å². The number of thiophene rings is 1. The summed E-state index contributed by atoms with van der Waals surface area (Å²) < 4.78 is 0. The normalized spacial score (nSPS) is 21.4. The predicted molar refractivity (Wildman–Crippen MR) is 91.4 cm³/mol. The zero-order valence-corrected chi connectivity index (χ0v) is 13.7. The Hall–Kier alpha value is -2.54. The standard InChI is InChI=1S/C16H18N4O2S/c1-16(7-14(22)20(2)15(18)19-16)13-5-10(8-23-13)9-3-11(17)6-12(21)4-9/h3-6,8,21H,7,17H2,1-2H3,(H2,18,19)/t16-/m0/s1. The molecule has 0 radical (unpaired) electrons. The second kappa shape index (κ2) is 5.27. The highest BCUT2D eigenvalue weighted by molar-refractivity contribution is 7.10. The molecule has 1 aromatic heterocycles. The van der Waals surface area contributed by atoms with Crippen LogP contribution in [-0.4, -0.2) is 28.9 Å². The Morgan fingerprint density at radius 2 is 2.09 bits per heavy atom. The van der Waals surface area contributed by atoms with Gasteiger partial charge in [0.05, 0.1) is 12.0 Å². The lowest BCUT2D eigenvalue weighted by atomic mass is 9.92. The van der Waals surface area contributed by atoms with Gasteiger partial charge >= 0.3 is 0 Å². The van der Waals surface area contributed by atoms with Crippen molar-refractivity contribution in [1.29, 1.82) is 5.41 Å². The largest absolute Gasteiger partial charge is 0.508 e. The quantitative estimate of drug-likeness (QED) is 0.634. The number of anilines is 1. The molecule has 7 heteroatoms. The molecule has 23 heavy (non-hydrogen) atoms. The number of hydrogen-bond donors (Lipinski definition) is 4. The van der Waals surface area contributed by atoms with E-state index >= 15 is 0 Å². The molecule has 1 aliphatic heterocycles. The highest BCUT2D eigenvalue weighted by atomic mass is 32.1. The van der Waals surface area contributed by atoms with Crippen LogP contribution in [0.1, 0.15) is 18.2 Å². The van der Waals surface area contributed by atoms with Crippen LogP contribution in [0.25, 0.3) is 11.1 Å². The number of aromatic hydroxyl groups is 1. The number of nitrogens with two attached hydrogens (primary N) is 1. The van der Waals surface area contributed by atoms with Crippen molar-refractivity contribution >= 4 is 28.9 Å². The topological polar surface area (TPSA) is 102 Å². The van der Waals surface area contributed by atoms with E-state index in [-0.39, 0.29) is 24.0 Å². The second-order valence-corrected chi connectivity index (χ2v) is 6.86. The van der Waals surface area contributed by atoms with Crippen LogP contribution < -0.4 is 11.1 Å². The first-order chi connectivity index (χ1) is 10.8. The molecule has 0 unspecified atom stereocenters. The van der Waals surface area contributed by atoms with E-state index in [2.05, 4.69) is 5.32 Å². The first-order valence-corrected chi connectivity index (χ1v) is 7.99. The molecule has 1 aliphatic rings. The molecule has 0 aliphatic carbocycles. The minimum atomic E-state index is -0.605. The molecule has 1 aromatic carbocycles. The van der Waals surface area contributed by atoms with Gasteiger partial charge in [-0.25, -0.2) is 0 Å². The average Bonchev–Trinajstić information content (AvgIpc) is 2.94. The molecular weight excluding hydrogens is 312 g/mol. The van der Waals surface area contributed by atoms with Gasteiger partial charge in [0.25, 0.3) is 0 Å². The fourth-order valence-corrected chi connectivity index (χ4v) is 3.70. The van der Waals surface area contributed by atoms with Crippen molar-refractivity contribution in [2.24, 2.45) is 0 Å². The molecule has 5 N–H and O–H groups in total. The molecule has 120 valence electrons. The molecular formula is C16H18N4O2S. The van der Waals surface area contributed by atoms with Crippen LogP contribution in [0.2, 0.25) is 0 Å². The number of rotatable bonds is 2. The van der Waals surface area contributed by atoms with Crippen LogP contribution in [0, 0.1) is 5.41 Å². The Labute approximate surface area is 138 Å². The molecule has 1 saturated heterocycles. The molecule has 3 rings (SSSR count). The maximum atomic E-state index is 12.1. The SMILES string of the molecule is CN1C(=N)N[C@](C)(c2cc(-c3cc(N)cc(O)c3)cs2)CC1=O. The fraction of sp³-hybridized carbons (Fsp3) is 0.250. The third kappa shape index (κ3) is 2.75. The average molecular weight is 330 g/mol. The molecule has 1 atom stereocenters. The fourth-order valence-electron chi connectivity index (χ4n) is 2.66. The van der Waals surface area contributed by atoms with Gasteiger partial charge in [-0.3, -0.25) is 15.1 Å². The van der Waals surface area contributed by atoms with Crippen molar-refractivity contribution in [2.45, 2.75) is 18.9 Å². The Kier molecular flexibility index (Phi) is 3.52. The molecule has 0 spiro atoms. The van der Waals surface area contributed by atoms with Crippen LogP contribution in [-0.2, 0) is 10.3 Å². The number of phenols is 1. The monoisotopic (exact) mass is 330 g/mol. The van der Waals surface area contributed by atoms with Crippen molar-refractivity contribution in [3.8, 4) is 16.9 Å². The van der Waals surface area contributed by atoms with Crippen molar-refractivity contribution in [2.75, 3.05) is 12.8 Å². The van der Waals surface area contributed by atoms with Crippen molar-refractivity contribution < 1.29 is 9.90 Å². The van der Waals surface area contributed by atoms with E-state index < -0.39 is 5.54 Å². The van der Waals surface area contributed by atoms with E-state index in [1.54, 1.807) is 19.2 Å². The number of amides is 1. The summed E-state index contributed by atoms with van der Waals surface area (Å²) in [4.78, 5) is 14.3. The third-order valence-corrected chi connectivity index (χ3v) is 5.22. The summed E-state index contributed by atoms with van der Waals surface area (Å²) in [5.41, 5.74) is 7.41. The van der Waals surface area contributed by atoms with Crippen molar-refractivity contribution in [3.05, 3.63) is 34.5 Å². The third-order valence-electron chi connectivity index (χ3n) is 4.03. The van der Waals surface area contributed by atoms with Gasteiger partial charge in [-0.05, 0) is 41.6 Å². The summed E-state index contributed by atoms with van der Waals surface area (Å²) in [6.45, 7) is 1.92. The minimum absolute atomic E-state index is 0.0900. The van der Waals surface area contributed by atoms with Crippen LogP contribution in [0.15, 0.2) is 29.6 Å². The van der Waals surface area contributed by atoms with Gasteiger partial charge < -0.3 is 16.2 Å². The summed E-state index contributed by atoms with van der Waals surface area (Å²) in [5.74, 6) is 0.126. The molecule has 1 amide bonds. The summed E-state index contributed by atoms with van der Waals surface area (Å²) >= 11 is 1.51. The number of nitrogens with one attached hydrogen (secondary N) is 2. The number of carbonyl (C=O) groups is 1. The molecule has 2 aromatic rings. The maximum Gasteiger partial charge on any atom is 0.231 e. The van der Waals surface area contributed by atoms with Crippen LogP contribution >= 0.6 is 11.3 Å². The maximum absolute atomic E-state index is 12.1. The Bertz CT molecular complexity index is 761. The number of carbonyl (C=O) groups excluding carboxylic acids is 1. The first-order valence-electron chi connectivity index (χ1n) is 7.11.